The lowest BCUT2D eigenvalue weighted by molar-refractivity contribution is -0.0674. The molecule has 0 radical (unpaired) electrons. The predicted molar refractivity (Wildman–Crippen MR) is 126 cm³/mol. The van der Waals surface area contributed by atoms with Gasteiger partial charge in [-0.05, 0) is 41.7 Å². The van der Waals surface area contributed by atoms with E-state index >= 15 is 0 Å². The van der Waals surface area contributed by atoms with Crippen molar-refractivity contribution in [2.24, 2.45) is 5.92 Å². The third kappa shape index (κ3) is 5.36. The van der Waals surface area contributed by atoms with Crippen molar-refractivity contribution < 1.29 is 9.84 Å². The average Bonchev–Trinajstić information content (AvgIpc) is 2.82. The molecule has 3 aromatic rings. The van der Waals surface area contributed by atoms with Crippen molar-refractivity contribution in [3.63, 3.8) is 0 Å². The molecular formula is C28H33NO2. The van der Waals surface area contributed by atoms with Gasteiger partial charge in [-0.15, -0.1) is 0 Å². The summed E-state index contributed by atoms with van der Waals surface area (Å²) in [5, 5.41) is 11.9. The summed E-state index contributed by atoms with van der Waals surface area (Å²) in [6.45, 7) is 2.61. The molecule has 0 spiro atoms. The molecule has 0 aromatic heterocycles. The highest BCUT2D eigenvalue weighted by Gasteiger charge is 2.41. The Morgan fingerprint density at radius 3 is 2.13 bits per heavy atom. The summed E-state index contributed by atoms with van der Waals surface area (Å²) in [6, 6.07) is 29.3. The summed E-state index contributed by atoms with van der Waals surface area (Å²) >= 11 is 0. The van der Waals surface area contributed by atoms with Crippen LogP contribution in [0.3, 0.4) is 0 Å². The van der Waals surface area contributed by atoms with Crippen molar-refractivity contribution in [2.45, 2.75) is 44.4 Å². The van der Waals surface area contributed by atoms with Crippen LogP contribution in [0.15, 0.2) is 84.9 Å². The molecule has 1 fully saturated rings. The number of nitrogens with zero attached hydrogens (tertiary/aromatic N) is 1. The minimum atomic E-state index is -0.821. The highest BCUT2D eigenvalue weighted by atomic mass is 16.5. The van der Waals surface area contributed by atoms with Crippen molar-refractivity contribution in [2.75, 3.05) is 13.7 Å². The second-order valence-corrected chi connectivity index (χ2v) is 8.74. The first kappa shape index (κ1) is 21.6. The van der Waals surface area contributed by atoms with Crippen LogP contribution < -0.4 is 4.74 Å². The van der Waals surface area contributed by atoms with E-state index in [0.29, 0.717) is 0 Å². The van der Waals surface area contributed by atoms with Gasteiger partial charge in [0, 0.05) is 25.6 Å². The molecule has 1 aliphatic carbocycles. The Labute approximate surface area is 186 Å². The van der Waals surface area contributed by atoms with Gasteiger partial charge in [0.2, 0.25) is 0 Å². The van der Waals surface area contributed by atoms with Crippen LogP contribution in [-0.4, -0.2) is 23.7 Å². The molecule has 2 atom stereocenters. The van der Waals surface area contributed by atoms with Crippen LogP contribution in [0.25, 0.3) is 0 Å². The van der Waals surface area contributed by atoms with E-state index in [0.717, 1.165) is 50.2 Å². The standard InChI is InChI=1S/C28H33NO2/c1-31-27-17-10-16-25(19-27)28(30)18-9-8-15-26(28)22-29(20-23-11-4-2-5-12-23)21-24-13-6-3-7-14-24/h2-7,10-14,16-17,19,26,30H,8-9,15,18,20-22H2,1H3/t26-,28-/m1/s1. The predicted octanol–water partition coefficient (Wildman–Crippen LogP) is 5.78. The van der Waals surface area contributed by atoms with Gasteiger partial charge in [0.15, 0.2) is 0 Å². The number of hydrogen-bond acceptors (Lipinski definition) is 3. The Bertz CT molecular complexity index is 902. The van der Waals surface area contributed by atoms with E-state index in [1.807, 2.05) is 18.2 Å². The lowest BCUT2D eigenvalue weighted by Gasteiger charge is -2.43. The lowest BCUT2D eigenvalue weighted by atomic mass is 9.71. The van der Waals surface area contributed by atoms with Gasteiger partial charge < -0.3 is 9.84 Å². The SMILES string of the molecule is COc1cccc([C@]2(O)CCCC[C@@H]2CN(Cc2ccccc2)Cc2ccccc2)c1. The smallest absolute Gasteiger partial charge is 0.119 e. The quantitative estimate of drug-likeness (QED) is 0.506. The molecule has 1 N–H and O–H groups in total. The van der Waals surface area contributed by atoms with Gasteiger partial charge in [0.25, 0.3) is 0 Å². The summed E-state index contributed by atoms with van der Waals surface area (Å²) in [6.07, 6.45) is 4.06. The molecule has 0 aliphatic heterocycles. The summed E-state index contributed by atoms with van der Waals surface area (Å²) in [7, 11) is 1.68. The maximum absolute atomic E-state index is 11.9. The van der Waals surface area contributed by atoms with Crippen molar-refractivity contribution in [3.05, 3.63) is 102 Å². The Morgan fingerprint density at radius 2 is 1.52 bits per heavy atom. The van der Waals surface area contributed by atoms with E-state index in [2.05, 4.69) is 71.6 Å². The van der Waals surface area contributed by atoms with Gasteiger partial charge >= 0.3 is 0 Å². The molecule has 1 saturated carbocycles. The lowest BCUT2D eigenvalue weighted by Crippen LogP contribution is -2.44. The van der Waals surface area contributed by atoms with E-state index in [9.17, 15) is 5.11 Å². The molecule has 162 valence electrons. The van der Waals surface area contributed by atoms with Crippen LogP contribution in [0.1, 0.15) is 42.4 Å². The summed E-state index contributed by atoms with van der Waals surface area (Å²) in [4.78, 5) is 2.49. The zero-order chi connectivity index (χ0) is 21.5. The number of aliphatic hydroxyl groups is 1. The van der Waals surface area contributed by atoms with Crippen molar-refractivity contribution in [1.29, 1.82) is 0 Å². The number of hydrogen-bond donors (Lipinski definition) is 1. The van der Waals surface area contributed by atoms with Crippen molar-refractivity contribution >= 4 is 0 Å². The topological polar surface area (TPSA) is 32.7 Å². The van der Waals surface area contributed by atoms with Crippen LogP contribution in [0, 0.1) is 5.92 Å². The molecule has 31 heavy (non-hydrogen) atoms. The Kier molecular flexibility index (Phi) is 7.06. The molecule has 0 bridgehead atoms. The van der Waals surface area contributed by atoms with Crippen LogP contribution in [-0.2, 0) is 18.7 Å². The zero-order valence-electron chi connectivity index (χ0n) is 18.4. The molecule has 0 heterocycles. The van der Waals surface area contributed by atoms with Crippen LogP contribution in [0.4, 0.5) is 0 Å². The molecule has 0 saturated heterocycles. The molecule has 3 aromatic carbocycles. The molecule has 4 rings (SSSR count). The fraction of sp³-hybridized carbons (Fsp3) is 0.357. The number of rotatable bonds is 8. The normalized spacial score (nSPS) is 21.2. The second kappa shape index (κ2) is 10.1. The molecular weight excluding hydrogens is 382 g/mol. The van der Waals surface area contributed by atoms with E-state index < -0.39 is 5.60 Å². The maximum Gasteiger partial charge on any atom is 0.119 e. The molecule has 0 unspecified atom stereocenters. The van der Waals surface area contributed by atoms with Gasteiger partial charge in [-0.2, -0.15) is 0 Å². The fourth-order valence-corrected chi connectivity index (χ4v) is 4.92. The second-order valence-electron chi connectivity index (χ2n) is 8.74. The summed E-state index contributed by atoms with van der Waals surface area (Å²) in [5.41, 5.74) is 2.77. The largest absolute Gasteiger partial charge is 0.497 e. The Hall–Kier alpha value is -2.62. The molecule has 3 nitrogen and oxygen atoms in total. The van der Waals surface area contributed by atoms with E-state index in [1.54, 1.807) is 7.11 Å². The third-order valence-electron chi connectivity index (χ3n) is 6.58. The highest BCUT2D eigenvalue weighted by Crippen LogP contribution is 2.43. The maximum atomic E-state index is 11.9. The van der Waals surface area contributed by atoms with Crippen LogP contribution >= 0.6 is 0 Å². The first-order valence-corrected chi connectivity index (χ1v) is 11.3. The molecule has 0 amide bonds. The first-order chi connectivity index (χ1) is 15.2. The van der Waals surface area contributed by atoms with Gasteiger partial charge in [-0.1, -0.05) is 85.6 Å². The van der Waals surface area contributed by atoms with Crippen molar-refractivity contribution in [3.8, 4) is 5.75 Å². The molecule has 1 aliphatic rings. The van der Waals surface area contributed by atoms with Crippen LogP contribution in [0.2, 0.25) is 0 Å². The van der Waals surface area contributed by atoms with E-state index in [4.69, 9.17) is 4.74 Å². The average molecular weight is 416 g/mol. The minimum absolute atomic E-state index is 0.181. The van der Waals surface area contributed by atoms with Gasteiger partial charge in [-0.25, -0.2) is 0 Å². The highest BCUT2D eigenvalue weighted by molar-refractivity contribution is 5.33. The third-order valence-corrected chi connectivity index (χ3v) is 6.58. The van der Waals surface area contributed by atoms with Crippen molar-refractivity contribution in [1.82, 2.24) is 4.90 Å². The first-order valence-electron chi connectivity index (χ1n) is 11.3. The zero-order valence-corrected chi connectivity index (χ0v) is 18.4. The van der Waals surface area contributed by atoms with E-state index in [1.165, 1.54) is 17.5 Å². The number of ether oxygens (including phenoxy) is 1. The Balaban J connectivity index is 1.59. The number of benzene rings is 3. The summed E-state index contributed by atoms with van der Waals surface area (Å²) < 4.78 is 5.44. The van der Waals surface area contributed by atoms with E-state index in [-0.39, 0.29) is 5.92 Å². The van der Waals surface area contributed by atoms with Gasteiger partial charge in [-0.3, -0.25) is 4.90 Å². The minimum Gasteiger partial charge on any atom is -0.497 e. The van der Waals surface area contributed by atoms with Gasteiger partial charge in [0.05, 0.1) is 12.7 Å². The monoisotopic (exact) mass is 415 g/mol. The number of methoxy groups -OCH3 is 1. The van der Waals surface area contributed by atoms with Crippen LogP contribution in [0.5, 0.6) is 5.75 Å². The fourth-order valence-electron chi connectivity index (χ4n) is 4.92. The Morgan fingerprint density at radius 1 is 0.871 bits per heavy atom. The van der Waals surface area contributed by atoms with Gasteiger partial charge in [0.1, 0.15) is 5.75 Å². The summed E-state index contributed by atoms with van der Waals surface area (Å²) in [5.74, 6) is 0.987. The molecule has 3 heteroatoms.